The van der Waals surface area contributed by atoms with Gasteiger partial charge in [0, 0.05) is 6.08 Å². The Balaban J connectivity index is 1.93. The Hall–Kier alpha value is -3.53. The van der Waals surface area contributed by atoms with Crippen molar-refractivity contribution in [3.63, 3.8) is 0 Å². The van der Waals surface area contributed by atoms with Crippen LogP contribution >= 0.6 is 0 Å². The molecule has 0 aliphatic carbocycles. The van der Waals surface area contributed by atoms with Gasteiger partial charge in [0.1, 0.15) is 23.2 Å². The van der Waals surface area contributed by atoms with E-state index in [0.29, 0.717) is 23.8 Å². The zero-order valence-electron chi connectivity index (χ0n) is 13.5. The molecule has 0 fully saturated rings. The first-order valence-corrected chi connectivity index (χ1v) is 7.48. The Kier molecular flexibility index (Phi) is 6.37. The maximum atomic E-state index is 11.9. The molecule has 2 rings (SSSR count). The van der Waals surface area contributed by atoms with Gasteiger partial charge in [0.25, 0.3) is 5.91 Å². The van der Waals surface area contributed by atoms with Crippen molar-refractivity contribution >= 4 is 23.6 Å². The molecule has 0 saturated heterocycles. The number of carbonyl (C=O) groups is 2. The molecule has 0 atom stereocenters. The average Bonchev–Trinajstić information content (AvgIpc) is 3.12. The number of carbonyl (C=O) groups excluding carboxylic acids is 2. The monoisotopic (exact) mass is 340 g/mol. The summed E-state index contributed by atoms with van der Waals surface area (Å²) in [5.74, 6) is -0.605. The third-order valence-electron chi connectivity index (χ3n) is 2.97. The van der Waals surface area contributed by atoms with E-state index in [1.54, 1.807) is 42.5 Å². The van der Waals surface area contributed by atoms with Crippen LogP contribution in [0.2, 0.25) is 0 Å². The number of benzene rings is 1. The van der Waals surface area contributed by atoms with Gasteiger partial charge in [-0.25, -0.2) is 4.79 Å². The lowest BCUT2D eigenvalue weighted by molar-refractivity contribution is -0.142. The molecule has 0 aliphatic rings. The largest absolute Gasteiger partial charge is 0.492 e. The summed E-state index contributed by atoms with van der Waals surface area (Å²) in [6.07, 6.45) is 2.65. The van der Waals surface area contributed by atoms with Gasteiger partial charge in [-0.05, 0) is 31.2 Å². The average molecular weight is 340 g/mol. The van der Waals surface area contributed by atoms with Crippen LogP contribution in [0.1, 0.15) is 12.7 Å². The van der Waals surface area contributed by atoms with Crippen LogP contribution in [0.4, 0.5) is 5.69 Å². The predicted molar refractivity (Wildman–Crippen MR) is 89.5 cm³/mol. The Bertz CT molecular complexity index is 803. The molecule has 0 unspecified atom stereocenters. The Morgan fingerprint density at radius 2 is 2.08 bits per heavy atom. The standard InChI is InChI=1S/C18H16N2O5/c1-2-23-16-8-4-3-7-15(16)20-17(21)12-25-18(22)13(11-19)10-14-6-5-9-24-14/h3-10H,2,12H2,1H3,(H,20,21)/b13-10+. The molecular weight excluding hydrogens is 324 g/mol. The minimum absolute atomic E-state index is 0.266. The van der Waals surface area contributed by atoms with Crippen molar-refractivity contribution in [3.05, 3.63) is 54.0 Å². The highest BCUT2D eigenvalue weighted by molar-refractivity contribution is 6.00. The molecule has 1 aromatic carbocycles. The highest BCUT2D eigenvalue weighted by Gasteiger charge is 2.14. The highest BCUT2D eigenvalue weighted by Crippen LogP contribution is 2.23. The van der Waals surface area contributed by atoms with Crippen molar-refractivity contribution in [3.8, 4) is 11.8 Å². The van der Waals surface area contributed by atoms with Gasteiger partial charge in [0.2, 0.25) is 0 Å². The molecule has 7 nitrogen and oxygen atoms in total. The summed E-state index contributed by atoms with van der Waals surface area (Å²) < 4.78 is 15.3. The van der Waals surface area contributed by atoms with Crippen molar-refractivity contribution in [2.75, 3.05) is 18.5 Å². The van der Waals surface area contributed by atoms with E-state index in [-0.39, 0.29) is 5.57 Å². The van der Waals surface area contributed by atoms with E-state index < -0.39 is 18.5 Å². The Morgan fingerprint density at radius 1 is 1.28 bits per heavy atom. The van der Waals surface area contributed by atoms with Gasteiger partial charge in [0.05, 0.1) is 18.6 Å². The summed E-state index contributed by atoms with van der Waals surface area (Å²) in [6.45, 7) is 1.75. The molecule has 128 valence electrons. The molecule has 2 aromatic rings. The summed E-state index contributed by atoms with van der Waals surface area (Å²) in [6, 6.07) is 11.8. The van der Waals surface area contributed by atoms with Gasteiger partial charge < -0.3 is 19.2 Å². The third kappa shape index (κ3) is 5.25. The number of nitriles is 1. The summed E-state index contributed by atoms with van der Waals surface area (Å²) in [4.78, 5) is 23.8. The zero-order chi connectivity index (χ0) is 18.1. The molecule has 1 N–H and O–H groups in total. The molecule has 0 saturated carbocycles. The van der Waals surface area contributed by atoms with Crippen LogP contribution in [0.5, 0.6) is 5.75 Å². The lowest BCUT2D eigenvalue weighted by Gasteiger charge is -2.11. The second-order valence-corrected chi connectivity index (χ2v) is 4.74. The first-order valence-electron chi connectivity index (χ1n) is 7.48. The molecule has 25 heavy (non-hydrogen) atoms. The summed E-state index contributed by atoms with van der Waals surface area (Å²) in [7, 11) is 0. The van der Waals surface area contributed by atoms with E-state index in [2.05, 4.69) is 5.32 Å². The van der Waals surface area contributed by atoms with Gasteiger partial charge in [-0.15, -0.1) is 0 Å². The van der Waals surface area contributed by atoms with Crippen LogP contribution in [0, 0.1) is 11.3 Å². The van der Waals surface area contributed by atoms with Crippen LogP contribution in [0.15, 0.2) is 52.7 Å². The van der Waals surface area contributed by atoms with E-state index in [9.17, 15) is 9.59 Å². The first-order chi connectivity index (χ1) is 12.1. The van der Waals surface area contributed by atoms with Gasteiger partial charge in [-0.1, -0.05) is 12.1 Å². The number of anilines is 1. The van der Waals surface area contributed by atoms with Crippen molar-refractivity contribution in [2.24, 2.45) is 0 Å². The summed E-state index contributed by atoms with van der Waals surface area (Å²) in [5, 5.41) is 11.6. The van der Waals surface area contributed by atoms with Gasteiger partial charge >= 0.3 is 5.97 Å². The van der Waals surface area contributed by atoms with Crippen LogP contribution < -0.4 is 10.1 Å². The fourth-order valence-corrected chi connectivity index (χ4v) is 1.90. The molecule has 0 aliphatic heterocycles. The molecule has 0 radical (unpaired) electrons. The Morgan fingerprint density at radius 3 is 2.76 bits per heavy atom. The quantitative estimate of drug-likeness (QED) is 0.472. The summed E-state index contributed by atoms with van der Waals surface area (Å²) >= 11 is 0. The fourth-order valence-electron chi connectivity index (χ4n) is 1.90. The van der Waals surface area contributed by atoms with Crippen molar-refractivity contribution in [1.82, 2.24) is 0 Å². The minimum atomic E-state index is -0.910. The molecule has 7 heteroatoms. The van der Waals surface area contributed by atoms with E-state index >= 15 is 0 Å². The molecule has 1 heterocycles. The number of esters is 1. The maximum Gasteiger partial charge on any atom is 0.349 e. The van der Waals surface area contributed by atoms with Crippen molar-refractivity contribution in [2.45, 2.75) is 6.92 Å². The van der Waals surface area contributed by atoms with Crippen LogP contribution in [-0.2, 0) is 14.3 Å². The maximum absolute atomic E-state index is 11.9. The second kappa shape index (κ2) is 8.93. The number of para-hydroxylation sites is 2. The normalized spacial score (nSPS) is 10.6. The predicted octanol–water partition coefficient (Wildman–Crippen LogP) is 2.77. The van der Waals surface area contributed by atoms with Gasteiger partial charge in [-0.2, -0.15) is 5.26 Å². The van der Waals surface area contributed by atoms with Crippen molar-refractivity contribution in [1.29, 1.82) is 5.26 Å². The smallest absolute Gasteiger partial charge is 0.349 e. The third-order valence-corrected chi connectivity index (χ3v) is 2.97. The zero-order valence-corrected chi connectivity index (χ0v) is 13.5. The first kappa shape index (κ1) is 17.8. The number of hydrogen-bond donors (Lipinski definition) is 1. The van der Waals surface area contributed by atoms with E-state index in [1.807, 2.05) is 6.92 Å². The number of nitrogens with zero attached hydrogens (tertiary/aromatic N) is 1. The highest BCUT2D eigenvalue weighted by atomic mass is 16.5. The molecule has 0 spiro atoms. The number of rotatable bonds is 7. The van der Waals surface area contributed by atoms with E-state index in [4.69, 9.17) is 19.2 Å². The fraction of sp³-hybridized carbons (Fsp3) is 0.167. The number of ether oxygens (including phenoxy) is 2. The van der Waals surface area contributed by atoms with E-state index in [1.165, 1.54) is 12.3 Å². The SMILES string of the molecule is CCOc1ccccc1NC(=O)COC(=O)/C(C#N)=C/c1ccco1. The molecule has 1 amide bonds. The Labute approximate surface area is 144 Å². The number of nitrogens with one attached hydrogen (secondary N) is 1. The lowest BCUT2D eigenvalue weighted by atomic mass is 10.2. The number of amides is 1. The summed E-state index contributed by atoms with van der Waals surface area (Å²) in [5.41, 5.74) is 0.203. The topological polar surface area (TPSA) is 102 Å². The molecule has 1 aromatic heterocycles. The lowest BCUT2D eigenvalue weighted by Crippen LogP contribution is -2.21. The molecule has 0 bridgehead atoms. The number of furan rings is 1. The van der Waals surface area contributed by atoms with Gasteiger partial charge in [0.15, 0.2) is 6.61 Å². The van der Waals surface area contributed by atoms with Crippen LogP contribution in [0.3, 0.4) is 0 Å². The minimum Gasteiger partial charge on any atom is -0.492 e. The van der Waals surface area contributed by atoms with Gasteiger partial charge in [-0.3, -0.25) is 4.79 Å². The number of hydrogen-bond acceptors (Lipinski definition) is 6. The second-order valence-electron chi connectivity index (χ2n) is 4.74. The van der Waals surface area contributed by atoms with Crippen molar-refractivity contribution < 1.29 is 23.5 Å². The van der Waals surface area contributed by atoms with E-state index in [0.717, 1.165) is 0 Å². The van der Waals surface area contributed by atoms with Crippen LogP contribution in [0.25, 0.3) is 6.08 Å². The molecular formula is C18H16N2O5. The van der Waals surface area contributed by atoms with Crippen LogP contribution in [-0.4, -0.2) is 25.1 Å².